The number of nitrogens with zero attached hydrogens (tertiary/aromatic N) is 1. The molecule has 20 heavy (non-hydrogen) atoms. The van der Waals surface area contributed by atoms with E-state index < -0.39 is 0 Å². The summed E-state index contributed by atoms with van der Waals surface area (Å²) in [6.45, 7) is 1.05. The second-order valence-electron chi connectivity index (χ2n) is 5.74. The van der Waals surface area contributed by atoms with Crippen LogP contribution in [0.4, 0.5) is 4.39 Å². The van der Waals surface area contributed by atoms with Gasteiger partial charge < -0.3 is 10.6 Å². The highest BCUT2D eigenvalue weighted by molar-refractivity contribution is 5.78. The van der Waals surface area contributed by atoms with Gasteiger partial charge in [-0.15, -0.1) is 0 Å². The Morgan fingerprint density at radius 1 is 1.30 bits per heavy atom. The summed E-state index contributed by atoms with van der Waals surface area (Å²) in [5, 5.41) is 0. The van der Waals surface area contributed by atoms with Gasteiger partial charge in [-0.05, 0) is 44.2 Å². The van der Waals surface area contributed by atoms with Crippen LogP contribution in [0.5, 0.6) is 0 Å². The van der Waals surface area contributed by atoms with E-state index in [0.29, 0.717) is 24.6 Å². The summed E-state index contributed by atoms with van der Waals surface area (Å²) in [7, 11) is 1.75. The highest BCUT2D eigenvalue weighted by Crippen LogP contribution is 2.29. The van der Waals surface area contributed by atoms with Crippen LogP contribution in [0.3, 0.4) is 0 Å². The van der Waals surface area contributed by atoms with Gasteiger partial charge >= 0.3 is 0 Å². The molecule has 0 aromatic heterocycles. The summed E-state index contributed by atoms with van der Waals surface area (Å²) in [5.74, 6) is 0.521. The van der Waals surface area contributed by atoms with Gasteiger partial charge in [-0.1, -0.05) is 18.2 Å². The zero-order chi connectivity index (χ0) is 14.5. The summed E-state index contributed by atoms with van der Waals surface area (Å²) in [5.41, 5.74) is 6.23. The topological polar surface area (TPSA) is 46.3 Å². The van der Waals surface area contributed by atoms with Crippen LogP contribution in [0, 0.1) is 17.7 Å². The zero-order valence-electron chi connectivity index (χ0n) is 12.0. The Hall–Kier alpha value is -1.42. The van der Waals surface area contributed by atoms with Gasteiger partial charge in [0.25, 0.3) is 0 Å². The highest BCUT2D eigenvalue weighted by Gasteiger charge is 2.27. The minimum atomic E-state index is -0.251. The predicted molar refractivity (Wildman–Crippen MR) is 77.4 cm³/mol. The summed E-state index contributed by atoms with van der Waals surface area (Å²) in [4.78, 5) is 14.0. The van der Waals surface area contributed by atoms with E-state index in [0.717, 1.165) is 25.7 Å². The van der Waals surface area contributed by atoms with Crippen LogP contribution >= 0.6 is 0 Å². The molecular weight excluding hydrogens is 255 g/mol. The fourth-order valence-electron chi connectivity index (χ4n) is 2.92. The van der Waals surface area contributed by atoms with Gasteiger partial charge in [0, 0.05) is 25.1 Å². The third kappa shape index (κ3) is 3.57. The Morgan fingerprint density at radius 3 is 2.55 bits per heavy atom. The van der Waals surface area contributed by atoms with Crippen molar-refractivity contribution in [2.45, 2.75) is 32.2 Å². The van der Waals surface area contributed by atoms with E-state index >= 15 is 0 Å². The minimum Gasteiger partial charge on any atom is -0.341 e. The molecule has 0 unspecified atom stereocenters. The second kappa shape index (κ2) is 6.84. The van der Waals surface area contributed by atoms with Crippen LogP contribution in [-0.4, -0.2) is 24.4 Å². The first-order chi connectivity index (χ1) is 9.61. The number of benzene rings is 1. The van der Waals surface area contributed by atoms with E-state index in [9.17, 15) is 9.18 Å². The molecule has 1 aliphatic carbocycles. The molecule has 4 heteroatoms. The first-order valence-corrected chi connectivity index (χ1v) is 7.30. The molecule has 0 radical (unpaired) electrons. The van der Waals surface area contributed by atoms with E-state index in [-0.39, 0.29) is 17.6 Å². The largest absolute Gasteiger partial charge is 0.341 e. The van der Waals surface area contributed by atoms with Crippen LogP contribution < -0.4 is 5.73 Å². The molecule has 2 N–H and O–H groups in total. The third-order valence-corrected chi connectivity index (χ3v) is 4.27. The summed E-state index contributed by atoms with van der Waals surface area (Å²) in [6, 6.07) is 6.61. The fraction of sp³-hybridized carbons (Fsp3) is 0.562. The maximum absolute atomic E-state index is 13.6. The Balaban J connectivity index is 1.91. The van der Waals surface area contributed by atoms with Crippen LogP contribution in [0.15, 0.2) is 24.3 Å². The number of rotatable bonds is 4. The summed E-state index contributed by atoms with van der Waals surface area (Å²) >= 11 is 0. The maximum Gasteiger partial charge on any atom is 0.225 e. The Kier molecular flexibility index (Phi) is 5.12. The summed E-state index contributed by atoms with van der Waals surface area (Å²) < 4.78 is 13.6. The third-order valence-electron chi connectivity index (χ3n) is 4.27. The van der Waals surface area contributed by atoms with Gasteiger partial charge in [0.15, 0.2) is 0 Å². The van der Waals surface area contributed by atoms with Gasteiger partial charge in [0.2, 0.25) is 5.91 Å². The lowest BCUT2D eigenvalue weighted by Gasteiger charge is -2.30. The lowest BCUT2D eigenvalue weighted by molar-refractivity contribution is -0.136. The molecule has 0 aliphatic heterocycles. The van der Waals surface area contributed by atoms with Gasteiger partial charge in [-0.2, -0.15) is 0 Å². The van der Waals surface area contributed by atoms with Crippen molar-refractivity contribution in [3.8, 4) is 0 Å². The van der Waals surface area contributed by atoms with Crippen molar-refractivity contribution in [1.82, 2.24) is 4.90 Å². The van der Waals surface area contributed by atoms with Crippen LogP contribution in [0.2, 0.25) is 0 Å². The highest BCUT2D eigenvalue weighted by atomic mass is 19.1. The number of halogens is 1. The van der Waals surface area contributed by atoms with Crippen LogP contribution in [-0.2, 0) is 11.3 Å². The normalized spacial score (nSPS) is 22.6. The van der Waals surface area contributed by atoms with Crippen molar-refractivity contribution in [1.29, 1.82) is 0 Å². The lowest BCUT2D eigenvalue weighted by atomic mass is 9.81. The number of carbonyl (C=O) groups is 1. The molecule has 1 fully saturated rings. The molecule has 1 aromatic rings. The van der Waals surface area contributed by atoms with E-state index in [1.807, 2.05) is 0 Å². The second-order valence-corrected chi connectivity index (χ2v) is 5.74. The molecule has 110 valence electrons. The van der Waals surface area contributed by atoms with Crippen molar-refractivity contribution in [3.05, 3.63) is 35.6 Å². The molecule has 0 spiro atoms. The van der Waals surface area contributed by atoms with Gasteiger partial charge in [-0.3, -0.25) is 4.79 Å². The number of nitrogens with two attached hydrogens (primary N) is 1. The smallest absolute Gasteiger partial charge is 0.225 e. The fourth-order valence-corrected chi connectivity index (χ4v) is 2.92. The quantitative estimate of drug-likeness (QED) is 0.920. The Labute approximate surface area is 120 Å². The van der Waals surface area contributed by atoms with E-state index in [1.165, 1.54) is 6.07 Å². The zero-order valence-corrected chi connectivity index (χ0v) is 12.0. The molecular formula is C16H23FN2O. The van der Waals surface area contributed by atoms with Crippen molar-refractivity contribution >= 4 is 5.91 Å². The van der Waals surface area contributed by atoms with Gasteiger partial charge in [-0.25, -0.2) is 4.39 Å². The summed E-state index contributed by atoms with van der Waals surface area (Å²) in [6.07, 6.45) is 3.87. The lowest BCUT2D eigenvalue weighted by Crippen LogP contribution is -2.35. The molecule has 2 rings (SSSR count). The predicted octanol–water partition coefficient (Wildman–Crippen LogP) is 2.55. The van der Waals surface area contributed by atoms with Crippen LogP contribution in [0.25, 0.3) is 0 Å². The molecule has 0 heterocycles. The number of amides is 1. The van der Waals surface area contributed by atoms with E-state index in [2.05, 4.69) is 0 Å². The van der Waals surface area contributed by atoms with E-state index in [1.54, 1.807) is 30.1 Å². The molecule has 3 nitrogen and oxygen atoms in total. The van der Waals surface area contributed by atoms with Crippen molar-refractivity contribution in [3.63, 3.8) is 0 Å². The molecule has 0 atom stereocenters. The van der Waals surface area contributed by atoms with Crippen molar-refractivity contribution < 1.29 is 9.18 Å². The van der Waals surface area contributed by atoms with Gasteiger partial charge in [0.1, 0.15) is 5.82 Å². The number of carbonyl (C=O) groups excluding carboxylic acids is 1. The van der Waals surface area contributed by atoms with Crippen molar-refractivity contribution in [2.24, 2.45) is 17.6 Å². The van der Waals surface area contributed by atoms with Gasteiger partial charge in [0.05, 0.1) is 0 Å². The maximum atomic E-state index is 13.6. The number of hydrogen-bond acceptors (Lipinski definition) is 2. The minimum absolute atomic E-state index is 0.0783. The molecule has 0 bridgehead atoms. The average molecular weight is 278 g/mol. The average Bonchev–Trinajstić information content (AvgIpc) is 2.49. The molecule has 0 saturated heterocycles. The SMILES string of the molecule is CN(Cc1ccccc1F)C(=O)C1CCC(CN)CC1. The Morgan fingerprint density at radius 2 is 1.95 bits per heavy atom. The molecule has 1 aromatic carbocycles. The standard InChI is InChI=1S/C16H23FN2O/c1-19(11-14-4-2-3-5-15(14)17)16(20)13-8-6-12(10-18)7-9-13/h2-5,12-13H,6-11,18H2,1H3. The molecule has 1 saturated carbocycles. The van der Waals surface area contributed by atoms with Crippen molar-refractivity contribution in [2.75, 3.05) is 13.6 Å². The first-order valence-electron chi connectivity index (χ1n) is 7.30. The Bertz CT molecular complexity index is 456. The monoisotopic (exact) mass is 278 g/mol. The molecule has 1 amide bonds. The number of hydrogen-bond donors (Lipinski definition) is 1. The first kappa shape index (κ1) is 15.0. The molecule has 1 aliphatic rings. The van der Waals surface area contributed by atoms with E-state index in [4.69, 9.17) is 5.73 Å². The van der Waals surface area contributed by atoms with Crippen LogP contribution in [0.1, 0.15) is 31.2 Å².